The Morgan fingerprint density at radius 1 is 1.15 bits per heavy atom. The van der Waals surface area contributed by atoms with Crippen LogP contribution in [0.3, 0.4) is 0 Å². The molecular formula is C10H8ClNO. The molecule has 3 heteroatoms. The maximum Gasteiger partial charge on any atom is 0.193 e. The van der Waals surface area contributed by atoms with Gasteiger partial charge in [0.15, 0.2) is 5.22 Å². The first kappa shape index (κ1) is 8.20. The molecule has 0 spiro atoms. The lowest BCUT2D eigenvalue weighted by Crippen LogP contribution is -1.83. The van der Waals surface area contributed by atoms with E-state index in [4.69, 9.17) is 21.8 Å². The minimum absolute atomic E-state index is 0.387. The fourth-order valence-electron chi connectivity index (χ4n) is 1.16. The van der Waals surface area contributed by atoms with Gasteiger partial charge in [0, 0.05) is 11.3 Å². The molecule has 1 aromatic heterocycles. The summed E-state index contributed by atoms with van der Waals surface area (Å²) in [6.45, 7) is 0. The van der Waals surface area contributed by atoms with Crippen molar-refractivity contribution in [2.75, 3.05) is 5.73 Å². The highest BCUT2D eigenvalue weighted by atomic mass is 35.5. The summed E-state index contributed by atoms with van der Waals surface area (Å²) < 4.78 is 5.23. The fraction of sp³-hybridized carbons (Fsp3) is 0. The highest BCUT2D eigenvalue weighted by molar-refractivity contribution is 6.28. The van der Waals surface area contributed by atoms with Gasteiger partial charge in [-0.05, 0) is 35.9 Å². The van der Waals surface area contributed by atoms with Crippen LogP contribution in [0.2, 0.25) is 5.22 Å². The molecule has 1 aromatic carbocycles. The van der Waals surface area contributed by atoms with Crippen LogP contribution in [0, 0.1) is 0 Å². The molecule has 13 heavy (non-hydrogen) atoms. The second kappa shape index (κ2) is 3.15. The molecule has 1 heterocycles. The highest BCUT2D eigenvalue weighted by Crippen LogP contribution is 2.25. The van der Waals surface area contributed by atoms with Crippen LogP contribution >= 0.6 is 11.6 Å². The summed E-state index contributed by atoms with van der Waals surface area (Å²) in [6.07, 6.45) is 0. The third-order valence-corrected chi connectivity index (χ3v) is 1.95. The van der Waals surface area contributed by atoms with Crippen LogP contribution in [0.25, 0.3) is 11.3 Å². The van der Waals surface area contributed by atoms with E-state index in [0.717, 1.165) is 11.3 Å². The van der Waals surface area contributed by atoms with Crippen LogP contribution < -0.4 is 5.73 Å². The van der Waals surface area contributed by atoms with Crippen molar-refractivity contribution >= 4 is 17.3 Å². The minimum atomic E-state index is 0.387. The van der Waals surface area contributed by atoms with Gasteiger partial charge in [-0.3, -0.25) is 0 Å². The molecule has 0 amide bonds. The molecule has 0 fully saturated rings. The van der Waals surface area contributed by atoms with Gasteiger partial charge < -0.3 is 10.2 Å². The summed E-state index contributed by atoms with van der Waals surface area (Å²) in [6, 6.07) is 11.0. The van der Waals surface area contributed by atoms with E-state index in [-0.39, 0.29) is 0 Å². The Labute approximate surface area is 80.9 Å². The van der Waals surface area contributed by atoms with E-state index in [1.165, 1.54) is 0 Å². The standard InChI is InChI=1S/C10H8ClNO/c11-10-5-4-9(13-10)7-2-1-3-8(12)6-7/h1-6H,12H2. The predicted octanol–water partition coefficient (Wildman–Crippen LogP) is 3.18. The zero-order valence-corrected chi connectivity index (χ0v) is 7.58. The van der Waals surface area contributed by atoms with Gasteiger partial charge in [-0.1, -0.05) is 12.1 Å². The quantitative estimate of drug-likeness (QED) is 0.707. The van der Waals surface area contributed by atoms with E-state index in [1.54, 1.807) is 6.07 Å². The molecule has 0 radical (unpaired) electrons. The Morgan fingerprint density at radius 3 is 2.62 bits per heavy atom. The molecule has 2 nitrogen and oxygen atoms in total. The Kier molecular flexibility index (Phi) is 1.99. The zero-order valence-electron chi connectivity index (χ0n) is 6.83. The molecule has 0 aliphatic rings. The molecule has 0 unspecified atom stereocenters. The predicted molar refractivity (Wildman–Crippen MR) is 53.6 cm³/mol. The molecular weight excluding hydrogens is 186 g/mol. The number of hydrogen-bond acceptors (Lipinski definition) is 2. The van der Waals surface area contributed by atoms with Crippen molar-refractivity contribution in [2.24, 2.45) is 0 Å². The molecule has 66 valence electrons. The summed E-state index contributed by atoms with van der Waals surface area (Å²) in [5.74, 6) is 0.734. The van der Waals surface area contributed by atoms with Crippen molar-refractivity contribution in [3.63, 3.8) is 0 Å². The topological polar surface area (TPSA) is 39.2 Å². The van der Waals surface area contributed by atoms with Gasteiger partial charge in [-0.15, -0.1) is 0 Å². The molecule has 2 rings (SSSR count). The molecule has 2 N–H and O–H groups in total. The Morgan fingerprint density at radius 2 is 2.00 bits per heavy atom. The molecule has 0 saturated heterocycles. The molecule has 0 saturated carbocycles. The van der Waals surface area contributed by atoms with Crippen LogP contribution in [0.15, 0.2) is 40.8 Å². The van der Waals surface area contributed by atoms with Crippen molar-refractivity contribution in [3.8, 4) is 11.3 Å². The number of anilines is 1. The smallest absolute Gasteiger partial charge is 0.193 e. The van der Waals surface area contributed by atoms with E-state index in [9.17, 15) is 0 Å². The molecule has 0 bridgehead atoms. The number of hydrogen-bond donors (Lipinski definition) is 1. The second-order valence-electron chi connectivity index (χ2n) is 2.73. The first-order chi connectivity index (χ1) is 6.25. The average molecular weight is 194 g/mol. The number of nitrogens with two attached hydrogens (primary N) is 1. The van der Waals surface area contributed by atoms with Gasteiger partial charge in [-0.2, -0.15) is 0 Å². The lowest BCUT2D eigenvalue weighted by molar-refractivity contribution is 0.584. The van der Waals surface area contributed by atoms with Gasteiger partial charge in [-0.25, -0.2) is 0 Å². The molecule has 0 atom stereocenters. The van der Waals surface area contributed by atoms with Crippen LogP contribution in [0.4, 0.5) is 5.69 Å². The van der Waals surface area contributed by atoms with Gasteiger partial charge in [0.2, 0.25) is 0 Å². The number of benzene rings is 1. The third kappa shape index (κ3) is 1.68. The number of nitrogen functional groups attached to an aromatic ring is 1. The lowest BCUT2D eigenvalue weighted by atomic mass is 10.1. The highest BCUT2D eigenvalue weighted by Gasteiger charge is 2.02. The monoisotopic (exact) mass is 193 g/mol. The molecule has 0 aliphatic carbocycles. The van der Waals surface area contributed by atoms with Crippen LogP contribution in [0.5, 0.6) is 0 Å². The van der Waals surface area contributed by atoms with Crippen molar-refractivity contribution in [3.05, 3.63) is 41.6 Å². The summed E-state index contributed by atoms with van der Waals surface area (Å²) >= 11 is 5.65. The maximum absolute atomic E-state index is 5.65. The van der Waals surface area contributed by atoms with Gasteiger partial charge in [0.05, 0.1) is 0 Å². The van der Waals surface area contributed by atoms with Crippen LogP contribution in [0.1, 0.15) is 0 Å². The van der Waals surface area contributed by atoms with Crippen LogP contribution in [-0.2, 0) is 0 Å². The van der Waals surface area contributed by atoms with E-state index in [2.05, 4.69) is 0 Å². The van der Waals surface area contributed by atoms with E-state index in [1.807, 2.05) is 30.3 Å². The normalized spacial score (nSPS) is 10.2. The largest absolute Gasteiger partial charge is 0.445 e. The molecule has 2 aromatic rings. The van der Waals surface area contributed by atoms with E-state index >= 15 is 0 Å². The fourth-order valence-corrected chi connectivity index (χ4v) is 1.31. The number of furan rings is 1. The Hall–Kier alpha value is -1.41. The summed E-state index contributed by atoms with van der Waals surface area (Å²) in [7, 11) is 0. The lowest BCUT2D eigenvalue weighted by Gasteiger charge is -1.97. The van der Waals surface area contributed by atoms with Crippen molar-refractivity contribution < 1.29 is 4.42 Å². The number of rotatable bonds is 1. The van der Waals surface area contributed by atoms with Crippen molar-refractivity contribution in [2.45, 2.75) is 0 Å². The van der Waals surface area contributed by atoms with Gasteiger partial charge in [0.1, 0.15) is 5.76 Å². The zero-order chi connectivity index (χ0) is 9.26. The van der Waals surface area contributed by atoms with Gasteiger partial charge >= 0.3 is 0 Å². The van der Waals surface area contributed by atoms with E-state index < -0.39 is 0 Å². The first-order valence-electron chi connectivity index (χ1n) is 3.87. The van der Waals surface area contributed by atoms with Crippen molar-refractivity contribution in [1.82, 2.24) is 0 Å². The summed E-state index contributed by atoms with van der Waals surface area (Å²) in [5.41, 5.74) is 7.28. The average Bonchev–Trinajstić information content (AvgIpc) is 2.52. The van der Waals surface area contributed by atoms with Gasteiger partial charge in [0.25, 0.3) is 0 Å². The number of halogens is 1. The maximum atomic E-state index is 5.65. The minimum Gasteiger partial charge on any atom is -0.445 e. The van der Waals surface area contributed by atoms with E-state index in [0.29, 0.717) is 10.9 Å². The summed E-state index contributed by atoms with van der Waals surface area (Å²) in [4.78, 5) is 0. The molecule has 0 aliphatic heterocycles. The summed E-state index contributed by atoms with van der Waals surface area (Å²) in [5, 5.41) is 0.387. The van der Waals surface area contributed by atoms with Crippen molar-refractivity contribution in [1.29, 1.82) is 0 Å². The second-order valence-corrected chi connectivity index (χ2v) is 3.10. The Balaban J connectivity index is 2.46. The Bertz CT molecular complexity index is 422. The first-order valence-corrected chi connectivity index (χ1v) is 4.25. The van der Waals surface area contributed by atoms with Crippen LogP contribution in [-0.4, -0.2) is 0 Å². The third-order valence-electron chi connectivity index (χ3n) is 1.74. The SMILES string of the molecule is Nc1cccc(-c2ccc(Cl)o2)c1.